The van der Waals surface area contributed by atoms with E-state index in [1.165, 1.54) is 5.56 Å². The highest BCUT2D eigenvalue weighted by Gasteiger charge is 2.26. The summed E-state index contributed by atoms with van der Waals surface area (Å²) in [7, 11) is 0. The van der Waals surface area contributed by atoms with Gasteiger partial charge >= 0.3 is 5.97 Å². The average Bonchev–Trinajstić information content (AvgIpc) is 2.40. The van der Waals surface area contributed by atoms with Crippen LogP contribution in [0.5, 0.6) is 0 Å². The van der Waals surface area contributed by atoms with Gasteiger partial charge in [0.15, 0.2) is 0 Å². The van der Waals surface area contributed by atoms with Gasteiger partial charge in [-0.25, -0.2) is 0 Å². The van der Waals surface area contributed by atoms with Crippen molar-refractivity contribution in [2.24, 2.45) is 11.7 Å². The van der Waals surface area contributed by atoms with Crippen molar-refractivity contribution in [2.45, 2.75) is 38.1 Å². The van der Waals surface area contributed by atoms with E-state index in [0.717, 1.165) is 32.1 Å². The molecule has 0 heterocycles. The van der Waals surface area contributed by atoms with Crippen LogP contribution in [0, 0.1) is 5.92 Å². The van der Waals surface area contributed by atoms with Gasteiger partial charge in [0.05, 0.1) is 12.5 Å². The number of nitrogens with two attached hydrogens (primary N) is 1. The third-order valence-electron chi connectivity index (χ3n) is 3.53. The van der Waals surface area contributed by atoms with Crippen LogP contribution in [-0.4, -0.2) is 18.6 Å². The van der Waals surface area contributed by atoms with Crippen molar-refractivity contribution in [1.82, 2.24) is 0 Å². The van der Waals surface area contributed by atoms with Crippen LogP contribution in [0.2, 0.25) is 0 Å². The van der Waals surface area contributed by atoms with Crippen LogP contribution in [0.3, 0.4) is 0 Å². The number of benzene rings is 1. The summed E-state index contributed by atoms with van der Waals surface area (Å²) >= 11 is 0. The highest BCUT2D eigenvalue weighted by Crippen LogP contribution is 2.24. The number of carbonyl (C=O) groups is 1. The lowest BCUT2D eigenvalue weighted by Crippen LogP contribution is -2.32. The van der Waals surface area contributed by atoms with Crippen molar-refractivity contribution in [3.63, 3.8) is 0 Å². The van der Waals surface area contributed by atoms with E-state index in [0.29, 0.717) is 6.61 Å². The molecule has 2 rings (SSSR count). The van der Waals surface area contributed by atoms with Gasteiger partial charge in [0.2, 0.25) is 0 Å². The Morgan fingerprint density at radius 2 is 2.06 bits per heavy atom. The third-order valence-corrected chi connectivity index (χ3v) is 3.53. The van der Waals surface area contributed by atoms with Crippen LogP contribution in [0.15, 0.2) is 30.3 Å². The summed E-state index contributed by atoms with van der Waals surface area (Å²) in [5.74, 6) is -0.0504. The molecule has 2 N–H and O–H groups in total. The van der Waals surface area contributed by atoms with Gasteiger partial charge < -0.3 is 10.5 Å². The van der Waals surface area contributed by atoms with Crippen LogP contribution in [0.25, 0.3) is 0 Å². The zero-order chi connectivity index (χ0) is 12.8. The van der Waals surface area contributed by atoms with E-state index in [-0.39, 0.29) is 17.9 Å². The number of carbonyl (C=O) groups excluding carboxylic acids is 1. The van der Waals surface area contributed by atoms with Gasteiger partial charge in [-0.3, -0.25) is 4.79 Å². The lowest BCUT2D eigenvalue weighted by molar-refractivity contribution is -0.149. The van der Waals surface area contributed by atoms with Gasteiger partial charge in [0.1, 0.15) is 0 Å². The van der Waals surface area contributed by atoms with Crippen molar-refractivity contribution in [1.29, 1.82) is 0 Å². The maximum Gasteiger partial charge on any atom is 0.308 e. The van der Waals surface area contributed by atoms with E-state index >= 15 is 0 Å². The molecule has 0 bridgehead atoms. The first-order valence-electron chi connectivity index (χ1n) is 6.72. The third kappa shape index (κ3) is 3.84. The van der Waals surface area contributed by atoms with Gasteiger partial charge in [-0.2, -0.15) is 0 Å². The average molecular weight is 247 g/mol. The molecule has 1 saturated carbocycles. The van der Waals surface area contributed by atoms with Crippen LogP contribution in [-0.2, 0) is 16.0 Å². The highest BCUT2D eigenvalue weighted by atomic mass is 16.5. The molecule has 98 valence electrons. The molecule has 3 heteroatoms. The molecular weight excluding hydrogens is 226 g/mol. The minimum atomic E-state index is -0.0684. The van der Waals surface area contributed by atoms with E-state index < -0.39 is 0 Å². The van der Waals surface area contributed by atoms with Crippen LogP contribution >= 0.6 is 0 Å². The largest absolute Gasteiger partial charge is 0.465 e. The van der Waals surface area contributed by atoms with Crippen LogP contribution in [0.4, 0.5) is 0 Å². The Morgan fingerprint density at radius 1 is 1.28 bits per heavy atom. The summed E-state index contributed by atoms with van der Waals surface area (Å²) in [6.45, 7) is 0.467. The van der Waals surface area contributed by atoms with E-state index in [1.54, 1.807) is 0 Å². The second-order valence-electron chi connectivity index (χ2n) is 5.03. The van der Waals surface area contributed by atoms with Crippen molar-refractivity contribution in [3.8, 4) is 0 Å². The molecule has 0 spiro atoms. The molecule has 1 fully saturated rings. The maximum atomic E-state index is 11.9. The monoisotopic (exact) mass is 247 g/mol. The minimum absolute atomic E-state index is 0.0181. The molecule has 0 aliphatic heterocycles. The minimum Gasteiger partial charge on any atom is -0.465 e. The van der Waals surface area contributed by atoms with Gasteiger partial charge in [0.25, 0.3) is 0 Å². The smallest absolute Gasteiger partial charge is 0.308 e. The second kappa shape index (κ2) is 6.55. The number of rotatable bonds is 4. The Bertz CT molecular complexity index is 377. The summed E-state index contributed by atoms with van der Waals surface area (Å²) in [4.78, 5) is 11.9. The van der Waals surface area contributed by atoms with E-state index in [9.17, 15) is 4.79 Å². The fourth-order valence-corrected chi connectivity index (χ4v) is 2.47. The molecular formula is C15H21NO2. The SMILES string of the molecule is NC1CCCC(C(=O)OCCc2ccccc2)C1. The van der Waals surface area contributed by atoms with Crippen LogP contribution in [0.1, 0.15) is 31.2 Å². The quantitative estimate of drug-likeness (QED) is 0.830. The standard InChI is InChI=1S/C15H21NO2/c16-14-8-4-7-13(11-14)15(17)18-10-9-12-5-2-1-3-6-12/h1-3,5-6,13-14H,4,7-11,16H2. The number of hydrogen-bond donors (Lipinski definition) is 1. The lowest BCUT2D eigenvalue weighted by atomic mass is 9.86. The fourth-order valence-electron chi connectivity index (χ4n) is 2.47. The van der Waals surface area contributed by atoms with E-state index in [1.807, 2.05) is 30.3 Å². The predicted octanol–water partition coefficient (Wildman–Crippen LogP) is 2.29. The van der Waals surface area contributed by atoms with Crippen molar-refractivity contribution < 1.29 is 9.53 Å². The van der Waals surface area contributed by atoms with Crippen molar-refractivity contribution >= 4 is 5.97 Å². The maximum absolute atomic E-state index is 11.9. The molecule has 1 aromatic carbocycles. The summed E-state index contributed by atoms with van der Waals surface area (Å²) < 4.78 is 5.34. The molecule has 0 radical (unpaired) electrons. The van der Waals surface area contributed by atoms with Crippen molar-refractivity contribution in [3.05, 3.63) is 35.9 Å². The zero-order valence-corrected chi connectivity index (χ0v) is 10.7. The Kier molecular flexibility index (Phi) is 4.76. The lowest BCUT2D eigenvalue weighted by Gasteiger charge is -2.24. The summed E-state index contributed by atoms with van der Waals surface area (Å²) in [6, 6.07) is 10.2. The van der Waals surface area contributed by atoms with E-state index in [4.69, 9.17) is 10.5 Å². The Balaban J connectivity index is 1.71. The molecule has 3 nitrogen and oxygen atoms in total. The summed E-state index contributed by atoms with van der Waals surface area (Å²) in [6.07, 6.45) is 4.57. The molecule has 0 saturated heterocycles. The normalized spacial score (nSPS) is 23.6. The highest BCUT2D eigenvalue weighted by molar-refractivity contribution is 5.72. The summed E-state index contributed by atoms with van der Waals surface area (Å²) in [5, 5.41) is 0. The fraction of sp³-hybridized carbons (Fsp3) is 0.533. The molecule has 1 aliphatic carbocycles. The zero-order valence-electron chi connectivity index (χ0n) is 10.7. The molecule has 0 amide bonds. The van der Waals surface area contributed by atoms with Gasteiger partial charge in [-0.05, 0) is 24.8 Å². The molecule has 0 aromatic heterocycles. The Labute approximate surface area is 108 Å². The topological polar surface area (TPSA) is 52.3 Å². The predicted molar refractivity (Wildman–Crippen MR) is 71.0 cm³/mol. The Morgan fingerprint density at radius 3 is 2.78 bits per heavy atom. The van der Waals surface area contributed by atoms with Gasteiger partial charge in [-0.1, -0.05) is 36.8 Å². The number of esters is 1. The first-order valence-corrected chi connectivity index (χ1v) is 6.72. The second-order valence-corrected chi connectivity index (χ2v) is 5.03. The molecule has 1 aliphatic rings. The Hall–Kier alpha value is -1.35. The number of ether oxygens (including phenoxy) is 1. The molecule has 1 aromatic rings. The number of hydrogen-bond acceptors (Lipinski definition) is 3. The first kappa shape index (κ1) is 13.1. The molecule has 2 unspecified atom stereocenters. The molecule has 18 heavy (non-hydrogen) atoms. The van der Waals surface area contributed by atoms with Crippen LogP contribution < -0.4 is 5.73 Å². The van der Waals surface area contributed by atoms with Gasteiger partial charge in [-0.15, -0.1) is 0 Å². The van der Waals surface area contributed by atoms with E-state index in [2.05, 4.69) is 0 Å². The van der Waals surface area contributed by atoms with Gasteiger partial charge in [0, 0.05) is 12.5 Å². The van der Waals surface area contributed by atoms with Crippen molar-refractivity contribution in [2.75, 3.05) is 6.61 Å². The molecule has 2 atom stereocenters. The summed E-state index contributed by atoms with van der Waals surface area (Å²) in [5.41, 5.74) is 7.07. The first-order chi connectivity index (χ1) is 8.75.